The second-order valence-corrected chi connectivity index (χ2v) is 7.38. The van der Waals surface area contributed by atoms with Crippen LogP contribution in [-0.2, 0) is 6.42 Å². The van der Waals surface area contributed by atoms with E-state index in [0.717, 1.165) is 17.8 Å². The Morgan fingerprint density at radius 3 is 2.95 bits per heavy atom. The number of aryl methyl sites for hydroxylation is 1. The summed E-state index contributed by atoms with van der Waals surface area (Å²) in [6.07, 6.45) is 9.69. The van der Waals surface area contributed by atoms with E-state index in [2.05, 4.69) is 13.0 Å². The molecule has 0 spiro atoms. The number of hydrogen-bond donors (Lipinski definition) is 1. The number of fused-ring (bicyclic) bond motifs is 5. The topological polar surface area (TPSA) is 20.2 Å². The van der Waals surface area contributed by atoms with Crippen LogP contribution in [0.1, 0.15) is 62.5 Å². The van der Waals surface area contributed by atoms with Crippen LogP contribution in [0, 0.1) is 17.3 Å². The van der Waals surface area contributed by atoms with Gasteiger partial charge in [-0.15, -0.1) is 0 Å². The molecule has 0 amide bonds. The molecule has 0 radical (unpaired) electrons. The quantitative estimate of drug-likeness (QED) is 0.717. The highest BCUT2D eigenvalue weighted by Gasteiger charge is 2.50. The van der Waals surface area contributed by atoms with Gasteiger partial charge in [-0.1, -0.05) is 19.4 Å². The Morgan fingerprint density at radius 2 is 2.05 bits per heavy atom. The predicted molar refractivity (Wildman–Crippen MR) is 77.3 cm³/mol. The average Bonchev–Trinajstić information content (AvgIpc) is 2.79. The molecule has 102 valence electrons. The van der Waals surface area contributed by atoms with Crippen molar-refractivity contribution in [3.05, 3.63) is 29.3 Å². The Bertz CT molecular complexity index is 506. The van der Waals surface area contributed by atoms with E-state index >= 15 is 0 Å². The van der Waals surface area contributed by atoms with E-state index in [4.69, 9.17) is 0 Å². The summed E-state index contributed by atoms with van der Waals surface area (Å²) < 4.78 is 0. The number of aromatic hydroxyl groups is 1. The average molecular weight is 256 g/mol. The van der Waals surface area contributed by atoms with Crippen LogP contribution in [0.4, 0.5) is 0 Å². The molecule has 2 saturated carbocycles. The van der Waals surface area contributed by atoms with Gasteiger partial charge in [-0.2, -0.15) is 0 Å². The first-order valence-electron chi connectivity index (χ1n) is 7.99. The minimum Gasteiger partial charge on any atom is -0.508 e. The van der Waals surface area contributed by atoms with Gasteiger partial charge < -0.3 is 5.11 Å². The van der Waals surface area contributed by atoms with Crippen LogP contribution in [0.3, 0.4) is 0 Å². The Labute approximate surface area is 116 Å². The van der Waals surface area contributed by atoms with Gasteiger partial charge in [0, 0.05) is 0 Å². The largest absolute Gasteiger partial charge is 0.508 e. The summed E-state index contributed by atoms with van der Waals surface area (Å²) in [4.78, 5) is 0. The first-order chi connectivity index (χ1) is 9.17. The van der Waals surface area contributed by atoms with Crippen LogP contribution in [-0.4, -0.2) is 5.11 Å². The van der Waals surface area contributed by atoms with E-state index in [0.29, 0.717) is 11.2 Å². The van der Waals surface area contributed by atoms with Crippen molar-refractivity contribution in [3.8, 4) is 5.75 Å². The van der Waals surface area contributed by atoms with Crippen molar-refractivity contribution in [2.45, 2.75) is 57.8 Å². The van der Waals surface area contributed by atoms with Gasteiger partial charge in [0.05, 0.1) is 0 Å². The Hall–Kier alpha value is -0.980. The molecule has 0 bridgehead atoms. The monoisotopic (exact) mass is 256 g/mol. The molecule has 3 aliphatic carbocycles. The smallest absolute Gasteiger partial charge is 0.115 e. The van der Waals surface area contributed by atoms with Crippen molar-refractivity contribution in [1.82, 2.24) is 0 Å². The molecule has 0 heterocycles. The van der Waals surface area contributed by atoms with Crippen molar-refractivity contribution < 1.29 is 5.11 Å². The number of phenols is 1. The minimum absolute atomic E-state index is 0.443. The summed E-state index contributed by atoms with van der Waals surface area (Å²) in [5.41, 5.74) is 3.63. The van der Waals surface area contributed by atoms with Crippen LogP contribution in [0.2, 0.25) is 0 Å². The second kappa shape index (κ2) is 4.01. The van der Waals surface area contributed by atoms with Crippen LogP contribution < -0.4 is 0 Å². The van der Waals surface area contributed by atoms with Crippen molar-refractivity contribution in [3.63, 3.8) is 0 Å². The molecule has 0 unspecified atom stereocenters. The van der Waals surface area contributed by atoms with Crippen LogP contribution in [0.25, 0.3) is 0 Å². The highest BCUT2D eigenvalue weighted by molar-refractivity contribution is 5.40. The molecule has 1 nitrogen and oxygen atoms in total. The molecule has 2 fully saturated rings. The summed E-state index contributed by atoms with van der Waals surface area (Å²) in [5, 5.41) is 9.68. The second-order valence-electron chi connectivity index (χ2n) is 7.38. The van der Waals surface area contributed by atoms with Crippen LogP contribution in [0.15, 0.2) is 18.2 Å². The lowest BCUT2D eigenvalue weighted by Crippen LogP contribution is -2.39. The van der Waals surface area contributed by atoms with E-state index in [1.807, 2.05) is 12.1 Å². The third-order valence-electron chi connectivity index (χ3n) is 6.49. The summed E-state index contributed by atoms with van der Waals surface area (Å²) in [7, 11) is 0. The van der Waals surface area contributed by atoms with Gasteiger partial charge in [0.25, 0.3) is 0 Å². The standard InChI is InChI=1S/C18H24O/c1-18-9-2-3-17(18)16-6-4-12-11-13(19)5-7-14(12)15(16)8-10-18/h5,7,11,15-17,19H,2-4,6,8-10H2,1H3/t15-,16+,17-,18-/m0/s1. The van der Waals surface area contributed by atoms with Crippen molar-refractivity contribution in [1.29, 1.82) is 0 Å². The Kier molecular flexibility index (Phi) is 2.49. The maximum absolute atomic E-state index is 9.68. The number of phenolic OH excluding ortho intramolecular Hbond substituents is 1. The molecule has 19 heavy (non-hydrogen) atoms. The van der Waals surface area contributed by atoms with Gasteiger partial charge in [-0.3, -0.25) is 0 Å². The minimum atomic E-state index is 0.443. The zero-order chi connectivity index (χ0) is 13.0. The lowest BCUT2D eigenvalue weighted by molar-refractivity contribution is 0.0598. The molecule has 1 N–H and O–H groups in total. The van der Waals surface area contributed by atoms with Gasteiger partial charge in [-0.05, 0) is 85.0 Å². The first kappa shape index (κ1) is 11.8. The van der Waals surface area contributed by atoms with Crippen molar-refractivity contribution in [2.75, 3.05) is 0 Å². The fourth-order valence-corrected chi connectivity index (χ4v) is 5.56. The maximum Gasteiger partial charge on any atom is 0.115 e. The Morgan fingerprint density at radius 1 is 1.16 bits per heavy atom. The van der Waals surface area contributed by atoms with Gasteiger partial charge in [-0.25, -0.2) is 0 Å². The van der Waals surface area contributed by atoms with E-state index in [1.165, 1.54) is 50.5 Å². The van der Waals surface area contributed by atoms with E-state index < -0.39 is 0 Å². The molecule has 1 aromatic carbocycles. The first-order valence-corrected chi connectivity index (χ1v) is 7.99. The molecule has 0 aromatic heterocycles. The summed E-state index contributed by atoms with van der Waals surface area (Å²) in [6.45, 7) is 2.55. The van der Waals surface area contributed by atoms with Crippen LogP contribution in [0.5, 0.6) is 5.75 Å². The zero-order valence-electron chi connectivity index (χ0n) is 11.9. The number of benzene rings is 1. The van der Waals surface area contributed by atoms with Crippen LogP contribution >= 0.6 is 0 Å². The lowest BCUT2D eigenvalue weighted by atomic mass is 9.56. The van der Waals surface area contributed by atoms with Gasteiger partial charge in [0.1, 0.15) is 5.75 Å². The van der Waals surface area contributed by atoms with Crippen molar-refractivity contribution >= 4 is 0 Å². The predicted octanol–water partition coefficient (Wildman–Crippen LogP) is 4.64. The molecular weight excluding hydrogens is 232 g/mol. The molecule has 4 atom stereocenters. The fraction of sp³-hybridized carbons (Fsp3) is 0.667. The van der Waals surface area contributed by atoms with E-state index in [1.54, 1.807) is 5.56 Å². The van der Waals surface area contributed by atoms with Gasteiger partial charge in [0.2, 0.25) is 0 Å². The summed E-state index contributed by atoms with van der Waals surface area (Å²) in [6, 6.07) is 6.11. The van der Waals surface area contributed by atoms with Gasteiger partial charge >= 0.3 is 0 Å². The molecule has 0 saturated heterocycles. The molecule has 3 aliphatic rings. The molecule has 0 aliphatic heterocycles. The fourth-order valence-electron chi connectivity index (χ4n) is 5.56. The molecule has 1 aromatic rings. The van der Waals surface area contributed by atoms with Crippen molar-refractivity contribution in [2.24, 2.45) is 17.3 Å². The highest BCUT2D eigenvalue weighted by Crippen LogP contribution is 2.60. The number of rotatable bonds is 0. The molecule has 4 rings (SSSR count). The molecule has 1 heteroatoms. The third-order valence-corrected chi connectivity index (χ3v) is 6.49. The lowest BCUT2D eigenvalue weighted by Gasteiger charge is -2.49. The maximum atomic E-state index is 9.68. The summed E-state index contributed by atoms with van der Waals surface area (Å²) >= 11 is 0. The molecular formula is C18H24O. The highest BCUT2D eigenvalue weighted by atomic mass is 16.3. The number of hydrogen-bond acceptors (Lipinski definition) is 1. The van der Waals surface area contributed by atoms with E-state index in [-0.39, 0.29) is 0 Å². The summed E-state index contributed by atoms with van der Waals surface area (Å²) in [5.74, 6) is 3.10. The SMILES string of the molecule is C[C@@]12CCC[C@H]1[C@@H]1CCc3cc(O)ccc3[C@@H]1CC2. The zero-order valence-corrected chi connectivity index (χ0v) is 11.9. The van der Waals surface area contributed by atoms with E-state index in [9.17, 15) is 5.11 Å². The Balaban J connectivity index is 1.72. The normalized spacial score (nSPS) is 40.4. The third kappa shape index (κ3) is 1.67. The van der Waals surface area contributed by atoms with Gasteiger partial charge in [0.15, 0.2) is 0 Å².